The minimum absolute atomic E-state index is 0.0484. The molecule has 23 heavy (non-hydrogen) atoms. The van der Waals surface area contributed by atoms with Gasteiger partial charge in [-0.25, -0.2) is 4.68 Å². The first kappa shape index (κ1) is 16.6. The zero-order chi connectivity index (χ0) is 16.7. The van der Waals surface area contributed by atoms with Gasteiger partial charge < -0.3 is 10.6 Å². The van der Waals surface area contributed by atoms with Gasteiger partial charge in [-0.3, -0.25) is 14.6 Å². The Balaban J connectivity index is 1.75. The maximum atomic E-state index is 11.8. The largest absolute Gasteiger partial charge is 0.354 e. The van der Waals surface area contributed by atoms with E-state index in [1.807, 2.05) is 18.2 Å². The van der Waals surface area contributed by atoms with Gasteiger partial charge in [0.15, 0.2) is 5.82 Å². The van der Waals surface area contributed by atoms with E-state index >= 15 is 0 Å². The molecule has 0 radical (unpaired) electrons. The molecule has 122 valence electrons. The molecule has 8 heteroatoms. The number of carbonyl (C=O) groups excluding carboxylic acids is 2. The first-order valence-corrected chi connectivity index (χ1v) is 7.42. The molecule has 0 unspecified atom stereocenters. The van der Waals surface area contributed by atoms with Crippen molar-refractivity contribution >= 4 is 17.6 Å². The van der Waals surface area contributed by atoms with E-state index in [1.54, 1.807) is 20.0 Å². The Labute approximate surface area is 134 Å². The van der Waals surface area contributed by atoms with E-state index in [9.17, 15) is 9.59 Å². The SMILES string of the molecule is CC(C)C(=O)Nc1cn(CC(=O)NCCc2ccccn2)nn1. The predicted molar refractivity (Wildman–Crippen MR) is 84.4 cm³/mol. The molecule has 8 nitrogen and oxygen atoms in total. The molecule has 0 aliphatic rings. The number of hydrogen-bond acceptors (Lipinski definition) is 5. The molecular weight excluding hydrogens is 296 g/mol. The second kappa shape index (κ2) is 8.02. The number of carbonyl (C=O) groups is 2. The van der Waals surface area contributed by atoms with Crippen LogP contribution in [0.15, 0.2) is 30.6 Å². The average molecular weight is 316 g/mol. The monoisotopic (exact) mass is 316 g/mol. The van der Waals surface area contributed by atoms with E-state index in [2.05, 4.69) is 25.9 Å². The van der Waals surface area contributed by atoms with Crippen molar-refractivity contribution in [3.63, 3.8) is 0 Å². The molecule has 2 N–H and O–H groups in total. The normalized spacial score (nSPS) is 10.6. The summed E-state index contributed by atoms with van der Waals surface area (Å²) in [5.74, 6) is -0.121. The summed E-state index contributed by atoms with van der Waals surface area (Å²) < 4.78 is 1.38. The summed E-state index contributed by atoms with van der Waals surface area (Å²) in [6.07, 6.45) is 3.91. The highest BCUT2D eigenvalue weighted by atomic mass is 16.2. The van der Waals surface area contributed by atoms with Crippen molar-refractivity contribution in [1.29, 1.82) is 0 Å². The van der Waals surface area contributed by atoms with Gasteiger partial charge in [-0.1, -0.05) is 25.1 Å². The fraction of sp³-hybridized carbons (Fsp3) is 0.400. The molecule has 0 bridgehead atoms. The fourth-order valence-electron chi connectivity index (χ4n) is 1.78. The van der Waals surface area contributed by atoms with Gasteiger partial charge in [0.1, 0.15) is 6.54 Å². The molecule has 2 amide bonds. The predicted octanol–water partition coefficient (Wildman–Crippen LogP) is 0.626. The van der Waals surface area contributed by atoms with Crippen molar-refractivity contribution in [3.05, 3.63) is 36.3 Å². The smallest absolute Gasteiger partial charge is 0.241 e. The highest BCUT2D eigenvalue weighted by Gasteiger charge is 2.10. The average Bonchev–Trinajstić information content (AvgIpc) is 2.95. The van der Waals surface area contributed by atoms with Crippen LogP contribution in [0.1, 0.15) is 19.5 Å². The lowest BCUT2D eigenvalue weighted by atomic mass is 10.2. The van der Waals surface area contributed by atoms with Crippen LogP contribution in [0.25, 0.3) is 0 Å². The van der Waals surface area contributed by atoms with E-state index in [-0.39, 0.29) is 24.3 Å². The molecule has 0 aromatic carbocycles. The quantitative estimate of drug-likeness (QED) is 0.780. The molecule has 0 saturated heterocycles. The van der Waals surface area contributed by atoms with Crippen LogP contribution in [0.2, 0.25) is 0 Å². The Morgan fingerprint density at radius 3 is 2.83 bits per heavy atom. The molecule has 2 heterocycles. The minimum Gasteiger partial charge on any atom is -0.354 e. The van der Waals surface area contributed by atoms with Gasteiger partial charge in [0, 0.05) is 30.8 Å². The maximum absolute atomic E-state index is 11.8. The molecule has 0 saturated carbocycles. The Bertz CT molecular complexity index is 653. The summed E-state index contributed by atoms with van der Waals surface area (Å²) >= 11 is 0. The van der Waals surface area contributed by atoms with Crippen LogP contribution in [0.4, 0.5) is 5.82 Å². The summed E-state index contributed by atoms with van der Waals surface area (Å²) in [7, 11) is 0. The Morgan fingerprint density at radius 1 is 1.30 bits per heavy atom. The van der Waals surface area contributed by atoms with Gasteiger partial charge in [0.05, 0.1) is 6.20 Å². The maximum Gasteiger partial charge on any atom is 0.241 e. The van der Waals surface area contributed by atoms with Crippen molar-refractivity contribution in [3.8, 4) is 0 Å². The third-order valence-corrected chi connectivity index (χ3v) is 3.05. The highest BCUT2D eigenvalue weighted by Crippen LogP contribution is 2.03. The van der Waals surface area contributed by atoms with Gasteiger partial charge >= 0.3 is 0 Å². The van der Waals surface area contributed by atoms with Gasteiger partial charge in [0.25, 0.3) is 0 Å². The second-order valence-corrected chi connectivity index (χ2v) is 5.37. The van der Waals surface area contributed by atoms with Crippen LogP contribution < -0.4 is 10.6 Å². The summed E-state index contributed by atoms with van der Waals surface area (Å²) in [6, 6.07) is 5.67. The molecule has 0 spiro atoms. The van der Waals surface area contributed by atoms with E-state index < -0.39 is 0 Å². The van der Waals surface area contributed by atoms with Crippen LogP contribution in [-0.4, -0.2) is 38.3 Å². The lowest BCUT2D eigenvalue weighted by molar-refractivity contribution is -0.122. The summed E-state index contributed by atoms with van der Waals surface area (Å²) in [4.78, 5) is 27.6. The number of amides is 2. The van der Waals surface area contributed by atoms with Crippen molar-refractivity contribution in [2.24, 2.45) is 5.92 Å². The van der Waals surface area contributed by atoms with Gasteiger partial charge in [-0.05, 0) is 12.1 Å². The molecule has 0 fully saturated rings. The van der Waals surface area contributed by atoms with Crippen LogP contribution in [0, 0.1) is 5.92 Å². The standard InChI is InChI=1S/C15H20N6O2/c1-11(2)15(23)18-13-9-21(20-19-13)10-14(22)17-8-6-12-5-3-4-7-16-12/h3-5,7,9,11H,6,8,10H2,1-2H3,(H,17,22)(H,18,23). The molecule has 0 atom stereocenters. The molecular formula is C15H20N6O2. The van der Waals surface area contributed by atoms with Gasteiger partial charge in [0.2, 0.25) is 11.8 Å². The number of pyridine rings is 1. The number of nitrogens with zero attached hydrogens (tertiary/aromatic N) is 4. The highest BCUT2D eigenvalue weighted by molar-refractivity contribution is 5.90. The van der Waals surface area contributed by atoms with Crippen molar-refractivity contribution < 1.29 is 9.59 Å². The number of hydrogen-bond donors (Lipinski definition) is 2. The van der Waals surface area contributed by atoms with E-state index in [4.69, 9.17) is 0 Å². The molecule has 0 aliphatic carbocycles. The van der Waals surface area contributed by atoms with E-state index in [0.29, 0.717) is 18.8 Å². The number of aromatic nitrogens is 4. The van der Waals surface area contributed by atoms with Crippen molar-refractivity contribution in [2.75, 3.05) is 11.9 Å². The Morgan fingerprint density at radius 2 is 2.13 bits per heavy atom. The first-order valence-electron chi connectivity index (χ1n) is 7.42. The van der Waals surface area contributed by atoms with Crippen LogP contribution in [0.5, 0.6) is 0 Å². The molecule has 2 aromatic rings. The van der Waals surface area contributed by atoms with Crippen LogP contribution in [0.3, 0.4) is 0 Å². The fourth-order valence-corrected chi connectivity index (χ4v) is 1.78. The lowest BCUT2D eigenvalue weighted by Crippen LogP contribution is -2.29. The first-order chi connectivity index (χ1) is 11.0. The number of nitrogens with one attached hydrogen (secondary N) is 2. The Kier molecular flexibility index (Phi) is 5.79. The molecule has 0 aliphatic heterocycles. The summed E-state index contributed by atoms with van der Waals surface area (Å²) in [5, 5.41) is 13.0. The van der Waals surface area contributed by atoms with Crippen LogP contribution >= 0.6 is 0 Å². The van der Waals surface area contributed by atoms with Crippen LogP contribution in [-0.2, 0) is 22.6 Å². The van der Waals surface area contributed by atoms with Gasteiger partial charge in [-0.2, -0.15) is 0 Å². The summed E-state index contributed by atoms with van der Waals surface area (Å²) in [6.45, 7) is 4.12. The van der Waals surface area contributed by atoms with Crippen molar-refractivity contribution in [2.45, 2.75) is 26.8 Å². The number of anilines is 1. The zero-order valence-corrected chi connectivity index (χ0v) is 13.2. The number of rotatable bonds is 7. The summed E-state index contributed by atoms with van der Waals surface area (Å²) in [5.41, 5.74) is 0.923. The second-order valence-electron chi connectivity index (χ2n) is 5.37. The molecule has 2 rings (SSSR count). The topological polar surface area (TPSA) is 102 Å². The van der Waals surface area contributed by atoms with Crippen molar-refractivity contribution in [1.82, 2.24) is 25.3 Å². The van der Waals surface area contributed by atoms with Gasteiger partial charge in [-0.15, -0.1) is 5.10 Å². The Hall–Kier alpha value is -2.77. The minimum atomic E-state index is -0.174. The third kappa shape index (κ3) is 5.50. The molecule has 2 aromatic heterocycles. The third-order valence-electron chi connectivity index (χ3n) is 3.05. The van der Waals surface area contributed by atoms with E-state index in [0.717, 1.165) is 5.69 Å². The zero-order valence-electron chi connectivity index (χ0n) is 13.2. The van der Waals surface area contributed by atoms with E-state index in [1.165, 1.54) is 10.9 Å². The lowest BCUT2D eigenvalue weighted by Gasteiger charge is -2.05.